The molecule has 210 valence electrons. The molecule has 1 aromatic carbocycles. The second-order valence-corrected chi connectivity index (χ2v) is 11.9. The van der Waals surface area contributed by atoms with E-state index in [0.717, 1.165) is 64.8 Å². The van der Waals surface area contributed by atoms with Gasteiger partial charge in [0.25, 0.3) is 0 Å². The maximum absolute atomic E-state index is 12.9. The van der Waals surface area contributed by atoms with E-state index < -0.39 is 5.54 Å². The van der Waals surface area contributed by atoms with E-state index >= 15 is 0 Å². The molecule has 0 aromatic heterocycles. The monoisotopic (exact) mass is 645 g/mol. The van der Waals surface area contributed by atoms with Gasteiger partial charge in [-0.15, -0.1) is 0 Å². The Morgan fingerprint density at radius 2 is 1.35 bits per heavy atom. The van der Waals surface area contributed by atoms with Gasteiger partial charge in [-0.2, -0.15) is 0 Å². The highest BCUT2D eigenvalue weighted by Gasteiger charge is 2.44. The largest absolute Gasteiger partial charge is 0.368 e. The zero-order chi connectivity index (χ0) is 26.9. The van der Waals surface area contributed by atoms with Gasteiger partial charge in [0.2, 0.25) is 5.91 Å². The minimum Gasteiger partial charge on any atom is -0.368 e. The summed E-state index contributed by atoms with van der Waals surface area (Å²) >= 11 is 6.85. The molecule has 2 aliphatic heterocycles. The first-order chi connectivity index (χ1) is 17.9. The van der Waals surface area contributed by atoms with E-state index in [-0.39, 0.29) is 17.5 Å². The molecule has 0 spiro atoms. The number of benzene rings is 1. The third-order valence-corrected chi connectivity index (χ3v) is 8.79. The third-order valence-electron chi connectivity index (χ3n) is 7.66. The van der Waals surface area contributed by atoms with Gasteiger partial charge in [0.15, 0.2) is 5.78 Å². The first-order valence-electron chi connectivity index (χ1n) is 14.1. The second kappa shape index (κ2) is 18.5. The summed E-state index contributed by atoms with van der Waals surface area (Å²) in [6.45, 7) is 4.44. The Bertz CT molecular complexity index is 772. The Morgan fingerprint density at radius 3 is 1.86 bits per heavy atom. The van der Waals surface area contributed by atoms with Gasteiger partial charge in [-0.05, 0) is 88.8 Å². The third kappa shape index (κ3) is 11.4. The van der Waals surface area contributed by atoms with Crippen LogP contribution in [-0.2, 0) is 4.79 Å². The number of Topliss-reactive ketones (excluding diaryl/α,β-unsaturated/α-hetero) is 1. The van der Waals surface area contributed by atoms with Crippen molar-refractivity contribution in [2.75, 3.05) is 43.4 Å². The van der Waals surface area contributed by atoms with Crippen LogP contribution in [0.15, 0.2) is 24.3 Å². The normalized spacial score (nSPS) is 18.1. The van der Waals surface area contributed by atoms with E-state index in [9.17, 15) is 14.0 Å². The van der Waals surface area contributed by atoms with Gasteiger partial charge in [-0.1, -0.05) is 64.0 Å². The Labute approximate surface area is 240 Å². The highest BCUT2D eigenvalue weighted by Crippen LogP contribution is 2.31. The van der Waals surface area contributed by atoms with Crippen LogP contribution in [0.1, 0.15) is 93.8 Å². The summed E-state index contributed by atoms with van der Waals surface area (Å²) in [6.07, 6.45) is 14.6. The number of likely N-dealkylation sites (tertiary alicyclic amines) is 2. The number of hydrogen-bond acceptors (Lipinski definition) is 4. The van der Waals surface area contributed by atoms with Crippen LogP contribution in [0.5, 0.6) is 0 Å². The zero-order valence-electron chi connectivity index (χ0n) is 22.4. The number of amides is 1. The van der Waals surface area contributed by atoms with Crippen molar-refractivity contribution >= 4 is 43.6 Å². The summed E-state index contributed by atoms with van der Waals surface area (Å²) < 4.78 is 12.9. The molecule has 3 rings (SSSR count). The van der Waals surface area contributed by atoms with Crippen molar-refractivity contribution in [1.29, 1.82) is 0 Å². The van der Waals surface area contributed by atoms with Crippen molar-refractivity contribution in [1.82, 2.24) is 9.80 Å². The number of piperidine rings is 2. The number of hydrogen-bond donors (Lipinski definition) is 1. The summed E-state index contributed by atoms with van der Waals surface area (Å²) in [5.74, 6) is -0.464. The number of alkyl halides is 2. The number of rotatable bonds is 14. The molecule has 37 heavy (non-hydrogen) atoms. The lowest BCUT2D eigenvalue weighted by Gasteiger charge is -2.48. The highest BCUT2D eigenvalue weighted by molar-refractivity contribution is 9.09. The summed E-state index contributed by atoms with van der Waals surface area (Å²) in [4.78, 5) is 29.1. The van der Waals surface area contributed by atoms with Crippen molar-refractivity contribution in [3.05, 3.63) is 35.6 Å². The minimum absolute atomic E-state index is 0.0480. The molecule has 0 radical (unpaired) electrons. The smallest absolute Gasteiger partial charge is 0.238 e. The molecule has 0 unspecified atom stereocenters. The molecule has 0 saturated carbocycles. The van der Waals surface area contributed by atoms with E-state index in [2.05, 4.69) is 41.7 Å². The van der Waals surface area contributed by atoms with E-state index in [1.165, 1.54) is 67.7 Å². The van der Waals surface area contributed by atoms with Crippen molar-refractivity contribution in [2.45, 2.75) is 89.0 Å². The van der Waals surface area contributed by atoms with Crippen LogP contribution < -0.4 is 5.73 Å². The number of nitrogens with zero attached hydrogens (tertiary/aromatic N) is 2. The lowest BCUT2D eigenvalue weighted by molar-refractivity contribution is -0.134. The average Bonchev–Trinajstić information content (AvgIpc) is 2.92. The van der Waals surface area contributed by atoms with Gasteiger partial charge >= 0.3 is 0 Å². The zero-order valence-corrected chi connectivity index (χ0v) is 25.5. The molecule has 0 atom stereocenters. The number of ketones is 1. The molecule has 0 bridgehead atoms. The maximum atomic E-state index is 12.9. The number of carbonyl (C=O) groups excluding carboxylic acids is 2. The number of carbonyl (C=O) groups is 2. The van der Waals surface area contributed by atoms with Crippen LogP contribution >= 0.6 is 31.9 Å². The molecule has 2 aliphatic rings. The SMILES string of the molecule is BrCCCCCCCCBr.NC(=O)C1(N2CCCCC2)CCN(CCCC(=O)c2ccc(F)cc2)CC1. The van der Waals surface area contributed by atoms with Crippen molar-refractivity contribution in [2.24, 2.45) is 5.73 Å². The first kappa shape index (κ1) is 32.4. The quantitative estimate of drug-likeness (QED) is 0.139. The van der Waals surface area contributed by atoms with Gasteiger partial charge in [0, 0.05) is 35.7 Å². The lowest BCUT2D eigenvalue weighted by atomic mass is 9.83. The van der Waals surface area contributed by atoms with E-state index in [0.29, 0.717) is 12.0 Å². The van der Waals surface area contributed by atoms with Crippen LogP contribution in [0.4, 0.5) is 4.39 Å². The molecule has 2 N–H and O–H groups in total. The molecule has 5 nitrogen and oxygen atoms in total. The standard InChI is InChI=1S/C21H30FN3O2.C8H16Br2/c22-18-8-6-17(7-9-18)19(26)5-4-12-24-15-10-21(11-16-24,20(23)27)25-13-2-1-3-14-25;9-7-5-3-1-2-4-6-8-10/h6-9H,1-5,10-16H2,(H2,23,27);1-8H2. The first-order valence-corrected chi connectivity index (χ1v) is 16.4. The fraction of sp³-hybridized carbons (Fsp3) is 0.724. The Kier molecular flexibility index (Phi) is 16.2. The number of unbranched alkanes of at least 4 members (excludes halogenated alkanes) is 5. The molecule has 0 aliphatic carbocycles. The summed E-state index contributed by atoms with van der Waals surface area (Å²) in [5.41, 5.74) is 5.90. The lowest BCUT2D eigenvalue weighted by Crippen LogP contribution is -2.63. The van der Waals surface area contributed by atoms with Crippen molar-refractivity contribution in [3.8, 4) is 0 Å². The minimum atomic E-state index is -0.485. The number of halogens is 3. The van der Waals surface area contributed by atoms with Crippen LogP contribution in [0, 0.1) is 5.82 Å². The topological polar surface area (TPSA) is 66.6 Å². The fourth-order valence-corrected chi connectivity index (χ4v) is 6.12. The number of nitrogens with two attached hydrogens (primary N) is 1. The van der Waals surface area contributed by atoms with E-state index in [1.807, 2.05) is 0 Å². The highest BCUT2D eigenvalue weighted by atomic mass is 79.9. The van der Waals surface area contributed by atoms with Gasteiger partial charge in [0.1, 0.15) is 11.4 Å². The Hall–Kier alpha value is -0.830. The van der Waals surface area contributed by atoms with Crippen LogP contribution in [0.3, 0.4) is 0 Å². The molecule has 2 saturated heterocycles. The van der Waals surface area contributed by atoms with E-state index in [1.54, 1.807) is 12.1 Å². The van der Waals surface area contributed by atoms with Gasteiger partial charge in [-0.3, -0.25) is 14.5 Å². The predicted molar refractivity (Wildman–Crippen MR) is 158 cm³/mol. The second-order valence-electron chi connectivity index (χ2n) is 10.3. The summed E-state index contributed by atoms with van der Waals surface area (Å²) in [5, 5.41) is 2.34. The van der Waals surface area contributed by atoms with Gasteiger partial charge in [-0.25, -0.2) is 4.39 Å². The molecule has 2 fully saturated rings. The van der Waals surface area contributed by atoms with Gasteiger partial charge < -0.3 is 10.6 Å². The summed E-state index contributed by atoms with van der Waals surface area (Å²) in [7, 11) is 0. The Balaban J connectivity index is 0.000000410. The molecule has 2 heterocycles. The predicted octanol–water partition coefficient (Wildman–Crippen LogP) is 6.71. The van der Waals surface area contributed by atoms with E-state index in [4.69, 9.17) is 5.73 Å². The maximum Gasteiger partial charge on any atom is 0.238 e. The van der Waals surface area contributed by atoms with Crippen molar-refractivity contribution < 1.29 is 14.0 Å². The Morgan fingerprint density at radius 1 is 0.811 bits per heavy atom. The molecular weight excluding hydrogens is 601 g/mol. The fourth-order valence-electron chi connectivity index (χ4n) is 5.33. The van der Waals surface area contributed by atoms with Crippen LogP contribution in [0.25, 0.3) is 0 Å². The molecule has 1 aromatic rings. The molecule has 8 heteroatoms. The molecular formula is C29H46Br2FN3O2. The summed E-state index contributed by atoms with van der Waals surface area (Å²) in [6, 6.07) is 5.72. The van der Waals surface area contributed by atoms with Crippen LogP contribution in [-0.4, -0.2) is 70.4 Å². The van der Waals surface area contributed by atoms with Gasteiger partial charge in [0.05, 0.1) is 0 Å². The average molecular weight is 648 g/mol. The molecule has 1 amide bonds. The van der Waals surface area contributed by atoms with Crippen LogP contribution in [0.2, 0.25) is 0 Å². The number of primary amides is 1. The van der Waals surface area contributed by atoms with Crippen molar-refractivity contribution in [3.63, 3.8) is 0 Å².